The minimum atomic E-state index is -3.36. The van der Waals surface area contributed by atoms with Gasteiger partial charge in [0.25, 0.3) is 5.91 Å². The zero-order valence-electron chi connectivity index (χ0n) is 19.8. The van der Waals surface area contributed by atoms with E-state index in [4.69, 9.17) is 5.10 Å². The highest BCUT2D eigenvalue weighted by atomic mass is 32.2. The lowest BCUT2D eigenvalue weighted by Gasteiger charge is -2.26. The molecule has 0 radical (unpaired) electrons. The molecule has 9 nitrogen and oxygen atoms in total. The molecule has 4 heterocycles. The van der Waals surface area contributed by atoms with Gasteiger partial charge in [-0.25, -0.2) is 22.3 Å². The second-order valence-corrected chi connectivity index (χ2v) is 11.9. The van der Waals surface area contributed by atoms with E-state index in [1.807, 2.05) is 18.2 Å². The Hall–Kier alpha value is -3.05. The molecule has 2 saturated heterocycles. The molecule has 2 unspecified atom stereocenters. The molecular weight excluding hydrogens is 471 g/mol. The van der Waals surface area contributed by atoms with E-state index >= 15 is 0 Å². The van der Waals surface area contributed by atoms with E-state index in [2.05, 4.69) is 15.2 Å². The van der Waals surface area contributed by atoms with Gasteiger partial charge in [-0.1, -0.05) is 12.1 Å². The third-order valence-electron chi connectivity index (χ3n) is 6.80. The van der Waals surface area contributed by atoms with Crippen LogP contribution in [0.15, 0.2) is 42.6 Å². The van der Waals surface area contributed by atoms with Crippen LogP contribution in [0.25, 0.3) is 5.65 Å². The zero-order valence-corrected chi connectivity index (χ0v) is 20.6. The molecule has 2 aliphatic rings. The number of rotatable bonds is 6. The van der Waals surface area contributed by atoms with Crippen LogP contribution in [0.1, 0.15) is 55.2 Å². The number of benzene rings is 1. The summed E-state index contributed by atoms with van der Waals surface area (Å²) in [5.74, 6) is 0.0726. The van der Waals surface area contributed by atoms with E-state index < -0.39 is 15.3 Å². The standard InChI is InChI=1S/C24H29FN6O3S/c1-16(2)35(33,34)29-12-10-19(15-29)27-24(32)21-14-26-22-8-9-23(28-31(21)22)30-11-4-7-20(30)17-5-3-6-18(25)13-17/h3,5-6,8-9,13-14,16,19-20H,4,7,10-12,15H2,1-2H3,(H,27,32). The Balaban J connectivity index is 1.36. The van der Waals surface area contributed by atoms with Crippen LogP contribution in [0.2, 0.25) is 0 Å². The minimum Gasteiger partial charge on any atom is -0.348 e. The molecule has 0 aliphatic carbocycles. The van der Waals surface area contributed by atoms with Gasteiger partial charge in [0.2, 0.25) is 10.0 Å². The van der Waals surface area contributed by atoms with Gasteiger partial charge in [-0.15, -0.1) is 5.10 Å². The van der Waals surface area contributed by atoms with E-state index in [9.17, 15) is 17.6 Å². The van der Waals surface area contributed by atoms with Crippen molar-refractivity contribution in [1.82, 2.24) is 24.2 Å². The van der Waals surface area contributed by atoms with Crippen LogP contribution < -0.4 is 10.2 Å². The average Bonchev–Trinajstić information content (AvgIpc) is 3.57. The number of nitrogens with zero attached hydrogens (tertiary/aromatic N) is 5. The number of anilines is 1. The number of hydrogen-bond donors (Lipinski definition) is 1. The molecule has 0 saturated carbocycles. The van der Waals surface area contributed by atoms with Crippen molar-refractivity contribution >= 4 is 27.4 Å². The zero-order chi connectivity index (χ0) is 24.7. The molecule has 35 heavy (non-hydrogen) atoms. The quantitative estimate of drug-likeness (QED) is 0.559. The summed E-state index contributed by atoms with van der Waals surface area (Å²) in [6, 6.07) is 10.0. The molecule has 2 aliphatic heterocycles. The van der Waals surface area contributed by atoms with E-state index in [1.54, 1.807) is 26.0 Å². The molecule has 3 aromatic rings. The second kappa shape index (κ2) is 9.19. The van der Waals surface area contributed by atoms with Crippen molar-refractivity contribution in [2.75, 3.05) is 24.5 Å². The summed E-state index contributed by atoms with van der Waals surface area (Å²) in [5, 5.41) is 7.15. The summed E-state index contributed by atoms with van der Waals surface area (Å²) < 4.78 is 41.7. The van der Waals surface area contributed by atoms with Gasteiger partial charge < -0.3 is 10.2 Å². The molecule has 1 aromatic carbocycles. The lowest BCUT2D eigenvalue weighted by Crippen LogP contribution is -2.40. The van der Waals surface area contributed by atoms with Crippen molar-refractivity contribution in [3.63, 3.8) is 0 Å². The van der Waals surface area contributed by atoms with Gasteiger partial charge in [0.1, 0.15) is 11.6 Å². The summed E-state index contributed by atoms with van der Waals surface area (Å²) in [6.45, 7) is 4.73. The van der Waals surface area contributed by atoms with E-state index in [1.165, 1.54) is 21.1 Å². The van der Waals surface area contributed by atoms with Crippen LogP contribution in [0, 0.1) is 5.82 Å². The third kappa shape index (κ3) is 4.50. The Kier molecular flexibility index (Phi) is 6.22. The monoisotopic (exact) mass is 500 g/mol. The van der Waals surface area contributed by atoms with Gasteiger partial charge >= 0.3 is 0 Å². The molecule has 0 bridgehead atoms. The first-order valence-corrected chi connectivity index (χ1v) is 13.4. The maximum atomic E-state index is 13.8. The van der Waals surface area contributed by atoms with Gasteiger partial charge in [0.05, 0.1) is 17.5 Å². The Morgan fingerprint density at radius 3 is 2.77 bits per heavy atom. The number of carbonyl (C=O) groups excluding carboxylic acids is 1. The van der Waals surface area contributed by atoms with E-state index in [0.717, 1.165) is 24.9 Å². The fourth-order valence-corrected chi connectivity index (χ4v) is 6.25. The third-order valence-corrected chi connectivity index (χ3v) is 9.05. The van der Waals surface area contributed by atoms with Crippen LogP contribution >= 0.6 is 0 Å². The molecule has 2 aromatic heterocycles. The van der Waals surface area contributed by atoms with Crippen molar-refractivity contribution in [3.05, 3.63) is 59.7 Å². The summed E-state index contributed by atoms with van der Waals surface area (Å²) in [7, 11) is -3.36. The molecule has 5 rings (SSSR count). The second-order valence-electron chi connectivity index (χ2n) is 9.42. The topological polar surface area (TPSA) is 99.9 Å². The summed E-state index contributed by atoms with van der Waals surface area (Å²) >= 11 is 0. The lowest BCUT2D eigenvalue weighted by molar-refractivity contribution is 0.0932. The maximum absolute atomic E-state index is 13.8. The molecule has 0 spiro atoms. The predicted octanol–water partition coefficient (Wildman–Crippen LogP) is 2.75. The van der Waals surface area contributed by atoms with Gasteiger partial charge in [-0.2, -0.15) is 4.31 Å². The predicted molar refractivity (Wildman–Crippen MR) is 130 cm³/mol. The molecule has 1 amide bonds. The number of nitrogens with one attached hydrogen (secondary N) is 1. The Morgan fingerprint density at radius 2 is 2.00 bits per heavy atom. The number of amides is 1. The van der Waals surface area contributed by atoms with Crippen molar-refractivity contribution in [3.8, 4) is 0 Å². The number of sulfonamides is 1. The normalized spacial score (nSPS) is 21.3. The largest absolute Gasteiger partial charge is 0.348 e. The van der Waals surface area contributed by atoms with Crippen molar-refractivity contribution in [2.45, 2.75) is 50.4 Å². The molecule has 2 atom stereocenters. The van der Waals surface area contributed by atoms with Crippen LogP contribution in [-0.4, -0.2) is 64.2 Å². The molecule has 186 valence electrons. The number of imidazole rings is 1. The lowest BCUT2D eigenvalue weighted by atomic mass is 10.0. The number of hydrogen-bond acceptors (Lipinski definition) is 6. The maximum Gasteiger partial charge on any atom is 0.271 e. The molecule has 11 heteroatoms. The van der Waals surface area contributed by atoms with Crippen molar-refractivity contribution in [1.29, 1.82) is 0 Å². The highest BCUT2D eigenvalue weighted by molar-refractivity contribution is 7.89. The van der Waals surface area contributed by atoms with Crippen molar-refractivity contribution < 1.29 is 17.6 Å². The average molecular weight is 501 g/mol. The van der Waals surface area contributed by atoms with Gasteiger partial charge in [-0.3, -0.25) is 4.79 Å². The molecular formula is C24H29FN6O3S. The fourth-order valence-electron chi connectivity index (χ4n) is 4.91. The number of fused-ring (bicyclic) bond motifs is 1. The minimum absolute atomic E-state index is 0.00354. The Bertz CT molecular complexity index is 1360. The van der Waals surface area contributed by atoms with Gasteiger partial charge in [0, 0.05) is 25.7 Å². The summed E-state index contributed by atoms with van der Waals surface area (Å²) in [6.07, 6.45) is 3.87. The highest BCUT2D eigenvalue weighted by Crippen LogP contribution is 2.35. The van der Waals surface area contributed by atoms with E-state index in [-0.39, 0.29) is 36.0 Å². The van der Waals surface area contributed by atoms with Gasteiger partial charge in [-0.05, 0) is 62.9 Å². The van der Waals surface area contributed by atoms with Crippen LogP contribution in [0.4, 0.5) is 10.2 Å². The number of halogens is 1. The first kappa shape index (κ1) is 23.7. The fraction of sp³-hybridized carbons (Fsp3) is 0.458. The Labute approximate surface area is 204 Å². The first-order chi connectivity index (χ1) is 16.7. The molecule has 2 fully saturated rings. The van der Waals surface area contributed by atoms with E-state index in [0.29, 0.717) is 24.4 Å². The summed E-state index contributed by atoms with van der Waals surface area (Å²) in [4.78, 5) is 19.5. The summed E-state index contributed by atoms with van der Waals surface area (Å²) in [5.41, 5.74) is 1.72. The van der Waals surface area contributed by atoms with Crippen LogP contribution in [0.5, 0.6) is 0 Å². The smallest absolute Gasteiger partial charge is 0.271 e. The van der Waals surface area contributed by atoms with Gasteiger partial charge in [0.15, 0.2) is 11.3 Å². The van der Waals surface area contributed by atoms with Crippen LogP contribution in [0.3, 0.4) is 0 Å². The first-order valence-electron chi connectivity index (χ1n) is 11.9. The Morgan fingerprint density at radius 1 is 1.17 bits per heavy atom. The number of carbonyl (C=O) groups is 1. The number of aromatic nitrogens is 3. The molecule has 1 N–H and O–H groups in total. The van der Waals surface area contributed by atoms with Crippen molar-refractivity contribution in [2.24, 2.45) is 0 Å². The van der Waals surface area contributed by atoms with Crippen LogP contribution in [-0.2, 0) is 10.0 Å². The highest BCUT2D eigenvalue weighted by Gasteiger charge is 2.34. The SMILES string of the molecule is CC(C)S(=O)(=O)N1CCC(NC(=O)c2cnc3ccc(N4CCCC4c4cccc(F)c4)nn23)C1.